The summed E-state index contributed by atoms with van der Waals surface area (Å²) in [5, 5.41) is 0. The van der Waals surface area contributed by atoms with Gasteiger partial charge in [-0.05, 0) is 31.6 Å². The Bertz CT molecular complexity index is 267. The number of hydrogen-bond donors (Lipinski definition) is 1. The van der Waals surface area contributed by atoms with Gasteiger partial charge in [0, 0.05) is 24.5 Å². The quantitative estimate of drug-likeness (QED) is 0.739. The summed E-state index contributed by atoms with van der Waals surface area (Å²) < 4.78 is 0. The molecule has 4 rings (SSSR count). The van der Waals surface area contributed by atoms with E-state index in [0.717, 1.165) is 18.8 Å². The maximum atomic E-state index is 12.2. The van der Waals surface area contributed by atoms with E-state index in [1.807, 2.05) is 0 Å². The molecule has 1 unspecified atom stereocenters. The Labute approximate surface area is 91.0 Å². The number of rotatable bonds is 2. The highest BCUT2D eigenvalue weighted by molar-refractivity contribution is 5.82. The summed E-state index contributed by atoms with van der Waals surface area (Å²) in [4.78, 5) is 14.4. The van der Waals surface area contributed by atoms with Crippen LogP contribution in [0.4, 0.5) is 0 Å². The lowest BCUT2D eigenvalue weighted by Crippen LogP contribution is -2.63. The van der Waals surface area contributed by atoms with Crippen LogP contribution >= 0.6 is 0 Å². The van der Waals surface area contributed by atoms with Crippen LogP contribution in [0.3, 0.4) is 0 Å². The molecule has 1 amide bonds. The van der Waals surface area contributed by atoms with E-state index in [4.69, 9.17) is 5.73 Å². The van der Waals surface area contributed by atoms with E-state index in [1.54, 1.807) is 0 Å². The Balaban J connectivity index is 1.81. The number of amides is 1. The molecule has 2 aliphatic heterocycles. The molecule has 2 saturated heterocycles. The van der Waals surface area contributed by atoms with Crippen molar-refractivity contribution in [3.8, 4) is 0 Å². The Morgan fingerprint density at radius 3 is 2.53 bits per heavy atom. The first-order valence-corrected chi connectivity index (χ1v) is 6.33. The summed E-state index contributed by atoms with van der Waals surface area (Å²) in [6.07, 6.45) is 7.24. The van der Waals surface area contributed by atoms with E-state index >= 15 is 0 Å². The van der Waals surface area contributed by atoms with Crippen molar-refractivity contribution in [3.63, 3.8) is 0 Å². The average Bonchev–Trinajstić information content (AvgIpc) is 2.67. The minimum atomic E-state index is 0.360. The molecule has 0 aromatic heterocycles. The highest BCUT2D eigenvalue weighted by atomic mass is 16.2. The number of carbonyl (C=O) groups excluding carboxylic acids is 1. The summed E-state index contributed by atoms with van der Waals surface area (Å²) in [7, 11) is 0. The summed E-state index contributed by atoms with van der Waals surface area (Å²) in [5.74, 6) is 1.50. The topological polar surface area (TPSA) is 46.3 Å². The first-order valence-electron chi connectivity index (χ1n) is 6.33. The van der Waals surface area contributed by atoms with Crippen molar-refractivity contribution in [2.24, 2.45) is 17.6 Å². The first kappa shape index (κ1) is 9.64. The minimum Gasteiger partial charge on any atom is -0.335 e. The third-order valence-electron chi connectivity index (χ3n) is 4.64. The molecule has 3 nitrogen and oxygen atoms in total. The van der Waals surface area contributed by atoms with Gasteiger partial charge in [-0.1, -0.05) is 12.8 Å². The molecule has 0 spiro atoms. The van der Waals surface area contributed by atoms with Crippen LogP contribution in [0.25, 0.3) is 0 Å². The number of nitrogens with two attached hydrogens (primary N) is 1. The number of fused-ring (bicyclic) bond motifs is 2. The van der Waals surface area contributed by atoms with Gasteiger partial charge in [-0.3, -0.25) is 4.79 Å². The van der Waals surface area contributed by atoms with Crippen LogP contribution in [0.1, 0.15) is 38.5 Å². The van der Waals surface area contributed by atoms with Crippen LogP contribution in [0, 0.1) is 11.8 Å². The fraction of sp³-hybridized carbons (Fsp3) is 0.917. The van der Waals surface area contributed by atoms with Gasteiger partial charge in [0.15, 0.2) is 0 Å². The van der Waals surface area contributed by atoms with Gasteiger partial charge >= 0.3 is 0 Å². The predicted molar refractivity (Wildman–Crippen MR) is 58.2 cm³/mol. The molecule has 84 valence electrons. The molecule has 0 aromatic carbocycles. The van der Waals surface area contributed by atoms with Gasteiger partial charge in [0.05, 0.1) is 0 Å². The van der Waals surface area contributed by atoms with Gasteiger partial charge in [0.25, 0.3) is 0 Å². The standard InChI is InChI=1S/C12H20N2O/c13-7-11-8-5-9(6-8)12(15)14(11)10-3-1-2-4-10/h8-11H,1-7,13H2. The molecule has 4 aliphatic rings. The Morgan fingerprint density at radius 1 is 1.27 bits per heavy atom. The molecule has 2 saturated carbocycles. The van der Waals surface area contributed by atoms with Crippen molar-refractivity contribution >= 4 is 5.91 Å². The summed E-state index contributed by atoms with van der Waals surface area (Å²) in [6, 6.07) is 0.891. The van der Waals surface area contributed by atoms with E-state index in [-0.39, 0.29) is 0 Å². The fourth-order valence-electron chi connectivity index (χ4n) is 3.72. The third kappa shape index (κ3) is 1.32. The number of piperidine rings is 2. The third-order valence-corrected chi connectivity index (χ3v) is 4.64. The zero-order chi connectivity index (χ0) is 10.4. The van der Waals surface area contributed by atoms with Gasteiger partial charge in [-0.15, -0.1) is 0 Å². The Morgan fingerprint density at radius 2 is 1.93 bits per heavy atom. The maximum Gasteiger partial charge on any atom is 0.226 e. The zero-order valence-corrected chi connectivity index (χ0v) is 9.19. The predicted octanol–water partition coefficient (Wildman–Crippen LogP) is 1.12. The number of carbonyl (C=O) groups is 1. The van der Waals surface area contributed by atoms with Crippen molar-refractivity contribution in [2.75, 3.05) is 6.54 Å². The van der Waals surface area contributed by atoms with E-state index < -0.39 is 0 Å². The molecule has 2 bridgehead atoms. The molecular formula is C12H20N2O. The van der Waals surface area contributed by atoms with Crippen molar-refractivity contribution in [1.82, 2.24) is 4.90 Å². The van der Waals surface area contributed by atoms with E-state index in [1.165, 1.54) is 25.7 Å². The van der Waals surface area contributed by atoms with Crippen molar-refractivity contribution in [3.05, 3.63) is 0 Å². The van der Waals surface area contributed by atoms with Crippen LogP contribution < -0.4 is 5.73 Å². The fourth-order valence-corrected chi connectivity index (χ4v) is 3.72. The molecule has 0 radical (unpaired) electrons. The van der Waals surface area contributed by atoms with Crippen molar-refractivity contribution in [2.45, 2.75) is 50.6 Å². The van der Waals surface area contributed by atoms with Crippen LogP contribution in [-0.2, 0) is 4.79 Å². The molecule has 1 atom stereocenters. The Hall–Kier alpha value is -0.570. The van der Waals surface area contributed by atoms with E-state index in [0.29, 0.717) is 30.5 Å². The summed E-state index contributed by atoms with van der Waals surface area (Å²) in [6.45, 7) is 0.666. The van der Waals surface area contributed by atoms with Gasteiger partial charge in [-0.2, -0.15) is 0 Å². The molecule has 3 heteroatoms. The summed E-state index contributed by atoms with van der Waals surface area (Å²) >= 11 is 0. The summed E-state index contributed by atoms with van der Waals surface area (Å²) in [5.41, 5.74) is 5.84. The molecule has 4 fully saturated rings. The lowest BCUT2D eigenvalue weighted by Gasteiger charge is -2.54. The highest BCUT2D eigenvalue weighted by Crippen LogP contribution is 2.46. The lowest BCUT2D eigenvalue weighted by molar-refractivity contribution is -0.159. The second kappa shape index (κ2) is 3.48. The van der Waals surface area contributed by atoms with Gasteiger partial charge in [0.1, 0.15) is 0 Å². The molecule has 15 heavy (non-hydrogen) atoms. The van der Waals surface area contributed by atoms with Crippen LogP contribution in [0.5, 0.6) is 0 Å². The average molecular weight is 208 g/mol. The number of hydrogen-bond acceptors (Lipinski definition) is 2. The molecule has 2 N–H and O–H groups in total. The molecule has 2 heterocycles. The molecule has 0 aromatic rings. The largest absolute Gasteiger partial charge is 0.335 e. The van der Waals surface area contributed by atoms with Gasteiger partial charge in [0.2, 0.25) is 5.91 Å². The van der Waals surface area contributed by atoms with Crippen molar-refractivity contribution in [1.29, 1.82) is 0 Å². The van der Waals surface area contributed by atoms with Crippen LogP contribution in [0.2, 0.25) is 0 Å². The van der Waals surface area contributed by atoms with Gasteiger partial charge < -0.3 is 10.6 Å². The highest BCUT2D eigenvalue weighted by Gasteiger charge is 2.51. The maximum absolute atomic E-state index is 12.2. The smallest absolute Gasteiger partial charge is 0.226 e. The van der Waals surface area contributed by atoms with Crippen molar-refractivity contribution < 1.29 is 4.79 Å². The lowest BCUT2D eigenvalue weighted by atomic mass is 9.65. The number of nitrogens with zero attached hydrogens (tertiary/aromatic N) is 1. The second-order valence-corrected chi connectivity index (χ2v) is 5.42. The zero-order valence-electron chi connectivity index (χ0n) is 9.19. The SMILES string of the molecule is NCC1C2CC(C2)C(=O)N1C1CCCC1. The molecular weight excluding hydrogens is 188 g/mol. The molecule has 2 aliphatic carbocycles. The normalized spacial score (nSPS) is 40.7. The van der Waals surface area contributed by atoms with Gasteiger partial charge in [-0.25, -0.2) is 0 Å². The first-order chi connectivity index (χ1) is 7.31. The second-order valence-electron chi connectivity index (χ2n) is 5.42. The van der Waals surface area contributed by atoms with Crippen LogP contribution in [0.15, 0.2) is 0 Å². The van der Waals surface area contributed by atoms with E-state index in [9.17, 15) is 4.79 Å². The minimum absolute atomic E-state index is 0.360. The van der Waals surface area contributed by atoms with E-state index in [2.05, 4.69) is 4.90 Å². The monoisotopic (exact) mass is 208 g/mol. The Kier molecular flexibility index (Phi) is 2.23. The van der Waals surface area contributed by atoms with Crippen LogP contribution in [-0.4, -0.2) is 29.4 Å².